The number of benzene rings is 2. The summed E-state index contributed by atoms with van der Waals surface area (Å²) in [5, 5.41) is 21.0. The molecule has 0 amide bonds. The fourth-order valence-corrected chi connectivity index (χ4v) is 4.36. The average molecular weight is 475 g/mol. The summed E-state index contributed by atoms with van der Waals surface area (Å²) >= 11 is 0. The van der Waals surface area contributed by atoms with Crippen molar-refractivity contribution in [1.82, 2.24) is 5.06 Å². The van der Waals surface area contributed by atoms with E-state index >= 15 is 0 Å². The van der Waals surface area contributed by atoms with E-state index in [1.54, 1.807) is 30.3 Å². The Balaban J connectivity index is 1.44. The molecule has 0 spiro atoms. The predicted molar refractivity (Wildman–Crippen MR) is 110 cm³/mol. The second-order valence-electron chi connectivity index (χ2n) is 8.20. The Hall–Kier alpha value is -3.41. The number of ether oxygens (including phenoxy) is 4. The number of rotatable bonds is 4. The molecule has 0 saturated carbocycles. The minimum absolute atomic E-state index is 0.0202. The first-order chi connectivity index (χ1) is 16.4. The number of fused-ring (bicyclic) bond motifs is 2. The minimum Gasteiger partial charge on any atom is -0.493 e. The molecule has 0 aromatic heterocycles. The second kappa shape index (κ2) is 9.09. The summed E-state index contributed by atoms with van der Waals surface area (Å²) in [5.74, 6) is -1.96. The van der Waals surface area contributed by atoms with E-state index in [9.17, 15) is 24.2 Å². The smallest absolute Gasteiger partial charge is 0.357 e. The zero-order valence-electron chi connectivity index (χ0n) is 17.8. The number of halogens is 1. The Bertz CT molecular complexity index is 1080. The van der Waals surface area contributed by atoms with E-state index in [0.29, 0.717) is 23.7 Å². The number of carbonyl (C=O) groups is 2. The third-order valence-electron chi connectivity index (χ3n) is 6.14. The van der Waals surface area contributed by atoms with Gasteiger partial charge in [-0.1, -0.05) is 17.2 Å². The van der Waals surface area contributed by atoms with Gasteiger partial charge in [0.15, 0.2) is 29.9 Å². The fourth-order valence-electron chi connectivity index (χ4n) is 4.36. The van der Waals surface area contributed by atoms with Crippen molar-refractivity contribution in [3.05, 3.63) is 53.8 Å². The Morgan fingerprint density at radius 1 is 1.00 bits per heavy atom. The highest BCUT2D eigenvalue weighted by molar-refractivity contribution is 5.85. The Morgan fingerprint density at radius 2 is 1.74 bits per heavy atom. The van der Waals surface area contributed by atoms with Crippen molar-refractivity contribution < 1.29 is 48.0 Å². The van der Waals surface area contributed by atoms with E-state index in [4.69, 9.17) is 23.8 Å². The lowest BCUT2D eigenvalue weighted by Gasteiger charge is -2.44. The molecule has 11 heteroatoms. The van der Waals surface area contributed by atoms with Crippen LogP contribution in [0, 0.1) is 11.7 Å². The van der Waals surface area contributed by atoms with Crippen LogP contribution in [-0.2, 0) is 19.2 Å². The summed E-state index contributed by atoms with van der Waals surface area (Å²) in [7, 11) is 0. The topological polar surface area (TPSA) is 124 Å². The lowest BCUT2D eigenvalue weighted by Crippen LogP contribution is -2.58. The molecule has 2 N–H and O–H groups in total. The summed E-state index contributed by atoms with van der Waals surface area (Å²) in [4.78, 5) is 29.8. The van der Waals surface area contributed by atoms with Crippen molar-refractivity contribution in [2.45, 2.75) is 30.8 Å². The molecule has 5 rings (SSSR count). The lowest BCUT2D eigenvalue weighted by molar-refractivity contribution is -0.285. The zero-order valence-corrected chi connectivity index (χ0v) is 17.8. The van der Waals surface area contributed by atoms with Gasteiger partial charge in [-0.25, -0.2) is 14.0 Å². The summed E-state index contributed by atoms with van der Waals surface area (Å²) in [6.07, 6.45) is -4.81. The van der Waals surface area contributed by atoms with Crippen LogP contribution in [0.1, 0.15) is 17.9 Å². The van der Waals surface area contributed by atoms with Crippen molar-refractivity contribution >= 4 is 11.9 Å². The average Bonchev–Trinajstić information content (AvgIpc) is 3.31. The molecule has 10 nitrogen and oxygen atoms in total. The van der Waals surface area contributed by atoms with Crippen LogP contribution < -0.4 is 14.2 Å². The number of hydroxylamine groups is 2. The molecule has 3 heterocycles. The molecule has 34 heavy (non-hydrogen) atoms. The second-order valence-corrected chi connectivity index (χ2v) is 8.20. The molecule has 0 radical (unpaired) electrons. The number of piperidine rings is 1. The van der Waals surface area contributed by atoms with Crippen LogP contribution in [-0.4, -0.2) is 65.6 Å². The molecule has 180 valence electrons. The predicted octanol–water partition coefficient (Wildman–Crippen LogP) is 1.10. The maximum absolute atomic E-state index is 13.5. The van der Waals surface area contributed by atoms with E-state index in [0.717, 1.165) is 5.56 Å². The van der Waals surface area contributed by atoms with Crippen molar-refractivity contribution in [2.75, 3.05) is 19.9 Å². The number of esters is 1. The van der Waals surface area contributed by atoms with Gasteiger partial charge in [0, 0.05) is 12.6 Å². The Morgan fingerprint density at radius 3 is 2.53 bits per heavy atom. The standard InChI is InChI=1S/C23H22FNO9/c24-13-3-1-12(2-4-13)15-7-8-25-21(33-22(28)19(26)20(27)23(29)34-25)16(15)10-30-14-5-6-17-18(9-14)32-11-31-17/h1-6,9,15-16,19-21,26-27H,7-8,10-11H2/t15-,16-,19?,20?,21?/m0/s1. The van der Waals surface area contributed by atoms with E-state index < -0.39 is 42.1 Å². The van der Waals surface area contributed by atoms with Gasteiger partial charge in [-0.2, -0.15) is 0 Å². The number of hydrogen-bond donors (Lipinski definition) is 2. The highest BCUT2D eigenvalue weighted by Gasteiger charge is 2.48. The van der Waals surface area contributed by atoms with Crippen LogP contribution in [0.2, 0.25) is 0 Å². The number of aliphatic hydroxyl groups excluding tert-OH is 2. The third kappa shape index (κ3) is 4.25. The molecule has 0 bridgehead atoms. The molecule has 5 atom stereocenters. The van der Waals surface area contributed by atoms with Gasteiger partial charge in [0.1, 0.15) is 11.6 Å². The normalized spacial score (nSPS) is 28.9. The van der Waals surface area contributed by atoms with E-state index in [2.05, 4.69) is 0 Å². The highest BCUT2D eigenvalue weighted by atomic mass is 19.1. The molecule has 2 fully saturated rings. The summed E-state index contributed by atoms with van der Waals surface area (Å²) in [6, 6.07) is 11.0. The largest absolute Gasteiger partial charge is 0.493 e. The Kier molecular flexibility index (Phi) is 5.98. The number of carbonyl (C=O) groups excluding carboxylic acids is 2. The number of nitrogens with zero attached hydrogens (tertiary/aromatic N) is 1. The van der Waals surface area contributed by atoms with Gasteiger partial charge in [-0.15, -0.1) is 0 Å². The molecule has 0 aliphatic carbocycles. The van der Waals surface area contributed by atoms with Crippen LogP contribution in [0.25, 0.3) is 0 Å². The summed E-state index contributed by atoms with van der Waals surface area (Å²) in [6.45, 7) is 0.308. The Labute approximate surface area is 193 Å². The summed E-state index contributed by atoms with van der Waals surface area (Å²) < 4.78 is 35.7. The van der Waals surface area contributed by atoms with E-state index in [-0.39, 0.29) is 25.9 Å². The molecular formula is C23H22FNO9. The summed E-state index contributed by atoms with van der Waals surface area (Å²) in [5.41, 5.74) is 0.783. The lowest BCUT2D eigenvalue weighted by atomic mass is 9.80. The van der Waals surface area contributed by atoms with Gasteiger partial charge in [0.05, 0.1) is 12.5 Å². The molecule has 3 aliphatic rings. The van der Waals surface area contributed by atoms with Gasteiger partial charge in [0.2, 0.25) is 6.79 Å². The van der Waals surface area contributed by atoms with Crippen LogP contribution in [0.5, 0.6) is 17.2 Å². The minimum atomic E-state index is -2.09. The first-order valence-electron chi connectivity index (χ1n) is 10.7. The van der Waals surface area contributed by atoms with Crippen molar-refractivity contribution in [3.63, 3.8) is 0 Å². The molecule has 3 aliphatic heterocycles. The quantitative estimate of drug-likeness (QED) is 0.622. The van der Waals surface area contributed by atoms with Gasteiger partial charge < -0.3 is 34.0 Å². The van der Waals surface area contributed by atoms with Crippen LogP contribution in [0.3, 0.4) is 0 Å². The zero-order chi connectivity index (χ0) is 23.8. The number of hydrogen-bond acceptors (Lipinski definition) is 10. The van der Waals surface area contributed by atoms with Crippen LogP contribution in [0.4, 0.5) is 4.39 Å². The number of aliphatic hydroxyl groups is 2. The molecule has 3 unspecified atom stereocenters. The first-order valence-corrected chi connectivity index (χ1v) is 10.7. The third-order valence-corrected chi connectivity index (χ3v) is 6.14. The SMILES string of the molecule is O=C1OC2[C@@H](COc3ccc4c(c3)OCO4)[C@H](c3ccc(F)cc3)CCN2OC(=O)C(O)C1O. The van der Waals surface area contributed by atoms with Gasteiger partial charge in [0.25, 0.3) is 0 Å². The molecule has 2 saturated heterocycles. The van der Waals surface area contributed by atoms with Crippen molar-refractivity contribution in [3.8, 4) is 17.2 Å². The molecule has 2 aromatic carbocycles. The highest BCUT2D eigenvalue weighted by Crippen LogP contribution is 2.40. The molecular weight excluding hydrogens is 453 g/mol. The fraction of sp³-hybridized carbons (Fsp3) is 0.391. The molecule has 2 aromatic rings. The van der Waals surface area contributed by atoms with Gasteiger partial charge >= 0.3 is 11.9 Å². The van der Waals surface area contributed by atoms with Gasteiger partial charge in [-0.05, 0) is 42.2 Å². The van der Waals surface area contributed by atoms with E-state index in [1.807, 2.05) is 0 Å². The maximum Gasteiger partial charge on any atom is 0.357 e. The van der Waals surface area contributed by atoms with Crippen molar-refractivity contribution in [2.24, 2.45) is 5.92 Å². The van der Waals surface area contributed by atoms with Crippen LogP contribution >= 0.6 is 0 Å². The first kappa shape index (κ1) is 22.4. The maximum atomic E-state index is 13.5. The van der Waals surface area contributed by atoms with Crippen molar-refractivity contribution in [1.29, 1.82) is 0 Å². The van der Waals surface area contributed by atoms with Gasteiger partial charge in [-0.3, -0.25) is 0 Å². The van der Waals surface area contributed by atoms with E-state index in [1.165, 1.54) is 17.2 Å². The monoisotopic (exact) mass is 475 g/mol. The van der Waals surface area contributed by atoms with Crippen LogP contribution in [0.15, 0.2) is 42.5 Å².